The molecule has 0 radical (unpaired) electrons. The number of nitrogens with zero attached hydrogens (tertiary/aromatic N) is 1. The predicted octanol–water partition coefficient (Wildman–Crippen LogP) is 1.74. The molecule has 2 rings (SSSR count). The summed E-state index contributed by atoms with van der Waals surface area (Å²) in [6.07, 6.45) is -3.29. The molecule has 0 amide bonds. The van der Waals surface area contributed by atoms with Crippen molar-refractivity contribution < 1.29 is 23.4 Å². The van der Waals surface area contributed by atoms with E-state index in [0.717, 1.165) is 0 Å². The molecule has 1 saturated heterocycles. The molecular weight excluding hydrogens is 244 g/mol. The van der Waals surface area contributed by atoms with Gasteiger partial charge in [-0.15, -0.1) is 0 Å². The van der Waals surface area contributed by atoms with Crippen molar-refractivity contribution in [1.29, 1.82) is 0 Å². The zero-order valence-corrected chi connectivity index (χ0v) is 9.55. The van der Waals surface area contributed by atoms with Crippen LogP contribution in [0.25, 0.3) is 0 Å². The fourth-order valence-electron chi connectivity index (χ4n) is 2.04. The molecule has 18 heavy (non-hydrogen) atoms. The summed E-state index contributed by atoms with van der Waals surface area (Å²) in [5, 5.41) is 9.22. The van der Waals surface area contributed by atoms with E-state index in [4.69, 9.17) is 0 Å². The Morgan fingerprint density at radius 1 is 1.39 bits per heavy atom. The largest absolute Gasteiger partial charge is 0.480 e. The molecule has 0 saturated carbocycles. The third kappa shape index (κ3) is 2.83. The molecule has 1 fully saturated rings. The van der Waals surface area contributed by atoms with Gasteiger partial charge in [-0.25, -0.2) is 0 Å². The first kappa shape index (κ1) is 12.9. The number of carboxylic acids is 1. The quantitative estimate of drug-likeness (QED) is 0.896. The van der Waals surface area contributed by atoms with Crippen LogP contribution in [0.1, 0.15) is 11.6 Å². The number of alkyl halides is 2. The zero-order valence-electron chi connectivity index (χ0n) is 9.55. The molecule has 6 heteroatoms. The first-order valence-electron chi connectivity index (χ1n) is 5.53. The Labute approximate surface area is 103 Å². The number of carboxylic acid groups (broad SMARTS) is 1. The summed E-state index contributed by atoms with van der Waals surface area (Å²) in [7, 11) is 0. The molecule has 0 aliphatic carbocycles. The van der Waals surface area contributed by atoms with Crippen molar-refractivity contribution in [2.45, 2.75) is 12.2 Å². The Kier molecular flexibility index (Phi) is 3.58. The van der Waals surface area contributed by atoms with Gasteiger partial charge in [0.2, 0.25) is 0 Å². The van der Waals surface area contributed by atoms with Crippen molar-refractivity contribution >= 4 is 5.97 Å². The van der Waals surface area contributed by atoms with Crippen molar-refractivity contribution in [3.05, 3.63) is 35.9 Å². The van der Waals surface area contributed by atoms with Gasteiger partial charge in [-0.1, -0.05) is 30.3 Å². The summed E-state index contributed by atoms with van der Waals surface area (Å²) in [6, 6.07) is 7.28. The summed E-state index contributed by atoms with van der Waals surface area (Å²) in [4.78, 5) is 12.5. The third-order valence-electron chi connectivity index (χ3n) is 2.79. The molecule has 1 atom stereocenters. The molecule has 1 aliphatic rings. The van der Waals surface area contributed by atoms with E-state index in [0.29, 0.717) is 5.56 Å². The lowest BCUT2D eigenvalue weighted by atomic mass is 10.1. The molecule has 4 nitrogen and oxygen atoms in total. The number of rotatable bonds is 3. The molecule has 98 valence electrons. The van der Waals surface area contributed by atoms with E-state index in [1.807, 2.05) is 0 Å². The molecule has 1 aromatic carbocycles. The van der Waals surface area contributed by atoms with Gasteiger partial charge < -0.3 is 9.84 Å². The van der Waals surface area contributed by atoms with E-state index in [1.165, 1.54) is 4.90 Å². The molecule has 0 spiro atoms. The average Bonchev–Trinajstić information content (AvgIpc) is 2.28. The number of ether oxygens (including phenoxy) is 1. The van der Waals surface area contributed by atoms with Crippen molar-refractivity contribution in [2.75, 3.05) is 19.7 Å². The Balaban J connectivity index is 2.23. The first-order valence-corrected chi connectivity index (χ1v) is 5.53. The van der Waals surface area contributed by atoms with Gasteiger partial charge in [0.05, 0.1) is 13.2 Å². The topological polar surface area (TPSA) is 49.8 Å². The van der Waals surface area contributed by atoms with Crippen molar-refractivity contribution in [2.24, 2.45) is 0 Å². The van der Waals surface area contributed by atoms with Crippen LogP contribution in [0.5, 0.6) is 0 Å². The van der Waals surface area contributed by atoms with Crippen LogP contribution in [0.15, 0.2) is 30.3 Å². The highest BCUT2D eigenvalue weighted by Gasteiger charge is 2.41. The zero-order chi connectivity index (χ0) is 13.2. The fraction of sp³-hybridized carbons (Fsp3) is 0.417. The maximum absolute atomic E-state index is 13.1. The van der Waals surface area contributed by atoms with Gasteiger partial charge in [-0.3, -0.25) is 9.69 Å². The number of halogens is 2. The van der Waals surface area contributed by atoms with E-state index in [1.54, 1.807) is 30.3 Å². The number of hydrogen-bond donors (Lipinski definition) is 1. The molecule has 1 aromatic rings. The minimum atomic E-state index is -3.29. The summed E-state index contributed by atoms with van der Waals surface area (Å²) >= 11 is 0. The number of carbonyl (C=O) groups is 1. The van der Waals surface area contributed by atoms with Gasteiger partial charge in [-0.05, 0) is 5.56 Å². The lowest BCUT2D eigenvalue weighted by Crippen LogP contribution is -2.49. The number of benzene rings is 1. The van der Waals surface area contributed by atoms with Gasteiger partial charge in [0.25, 0.3) is 0 Å². The smallest absolute Gasteiger partial charge is 0.368 e. The second-order valence-electron chi connectivity index (χ2n) is 4.11. The van der Waals surface area contributed by atoms with Crippen LogP contribution in [0, 0.1) is 0 Å². The van der Waals surface area contributed by atoms with Crippen LogP contribution in [0.3, 0.4) is 0 Å². The van der Waals surface area contributed by atoms with Crippen LogP contribution >= 0.6 is 0 Å². The van der Waals surface area contributed by atoms with Crippen LogP contribution in [0.2, 0.25) is 0 Å². The lowest BCUT2D eigenvalue weighted by molar-refractivity contribution is -0.273. The molecule has 1 N–H and O–H groups in total. The summed E-state index contributed by atoms with van der Waals surface area (Å²) < 4.78 is 30.6. The van der Waals surface area contributed by atoms with Crippen LogP contribution in [-0.4, -0.2) is 41.8 Å². The summed E-state index contributed by atoms with van der Waals surface area (Å²) in [6.45, 7) is -0.718. The van der Waals surface area contributed by atoms with E-state index in [9.17, 15) is 18.7 Å². The SMILES string of the molecule is O=C(O)C(c1ccccc1)N1CCOC(F)(F)C1. The average molecular weight is 257 g/mol. The monoisotopic (exact) mass is 257 g/mol. The molecular formula is C12H13F2NO3. The van der Waals surface area contributed by atoms with E-state index in [-0.39, 0.29) is 13.2 Å². The van der Waals surface area contributed by atoms with Crippen molar-refractivity contribution in [3.8, 4) is 0 Å². The Hall–Kier alpha value is -1.53. The maximum atomic E-state index is 13.1. The van der Waals surface area contributed by atoms with Crippen LogP contribution in [0.4, 0.5) is 8.78 Å². The van der Waals surface area contributed by atoms with Gasteiger partial charge in [0, 0.05) is 6.54 Å². The highest BCUT2D eigenvalue weighted by molar-refractivity contribution is 5.75. The first-order chi connectivity index (χ1) is 8.49. The Morgan fingerprint density at radius 2 is 2.06 bits per heavy atom. The van der Waals surface area contributed by atoms with E-state index >= 15 is 0 Å². The molecule has 0 aromatic heterocycles. The second-order valence-corrected chi connectivity index (χ2v) is 4.11. The van der Waals surface area contributed by atoms with Crippen molar-refractivity contribution in [1.82, 2.24) is 4.90 Å². The van der Waals surface area contributed by atoms with E-state index < -0.39 is 24.7 Å². The van der Waals surface area contributed by atoms with Crippen molar-refractivity contribution in [3.63, 3.8) is 0 Å². The third-order valence-corrected chi connectivity index (χ3v) is 2.79. The number of morpholine rings is 1. The van der Waals surface area contributed by atoms with Gasteiger partial charge in [0.1, 0.15) is 6.04 Å². The predicted molar refractivity (Wildman–Crippen MR) is 59.3 cm³/mol. The molecule has 1 heterocycles. The Morgan fingerprint density at radius 3 is 2.61 bits per heavy atom. The summed E-state index contributed by atoms with van der Waals surface area (Å²) in [5.74, 6) is -1.14. The summed E-state index contributed by atoms with van der Waals surface area (Å²) in [5.41, 5.74) is 0.489. The minimum absolute atomic E-state index is 0.168. The molecule has 0 bridgehead atoms. The Bertz CT molecular complexity index is 425. The minimum Gasteiger partial charge on any atom is -0.480 e. The fourth-order valence-corrected chi connectivity index (χ4v) is 2.04. The van der Waals surface area contributed by atoms with Gasteiger partial charge in [-0.2, -0.15) is 8.78 Å². The highest BCUT2D eigenvalue weighted by atomic mass is 19.3. The second kappa shape index (κ2) is 4.99. The van der Waals surface area contributed by atoms with Crippen LogP contribution < -0.4 is 0 Å². The maximum Gasteiger partial charge on any atom is 0.368 e. The van der Waals surface area contributed by atoms with Crippen LogP contribution in [-0.2, 0) is 9.53 Å². The highest BCUT2D eigenvalue weighted by Crippen LogP contribution is 2.28. The van der Waals surface area contributed by atoms with Gasteiger partial charge in [0.15, 0.2) is 0 Å². The van der Waals surface area contributed by atoms with Gasteiger partial charge >= 0.3 is 12.1 Å². The number of hydrogen-bond acceptors (Lipinski definition) is 3. The molecule has 1 unspecified atom stereocenters. The number of aliphatic carboxylic acids is 1. The lowest BCUT2D eigenvalue weighted by Gasteiger charge is -2.35. The van der Waals surface area contributed by atoms with E-state index in [2.05, 4.69) is 4.74 Å². The molecule has 1 aliphatic heterocycles. The normalized spacial score (nSPS) is 21.4. The standard InChI is InChI=1S/C12H13F2NO3/c13-12(14)8-15(6-7-18-12)10(11(16)17)9-4-2-1-3-5-9/h1-5,10H,6-8H2,(H,16,17).